The highest BCUT2D eigenvalue weighted by molar-refractivity contribution is 7.92. The van der Waals surface area contributed by atoms with Gasteiger partial charge in [0.15, 0.2) is 9.84 Å². The number of ether oxygens (including phenoxy) is 1. The molecule has 0 aromatic carbocycles. The van der Waals surface area contributed by atoms with Gasteiger partial charge < -0.3 is 4.74 Å². The highest BCUT2D eigenvalue weighted by atomic mass is 35.5. The Morgan fingerprint density at radius 3 is 2.57 bits per heavy atom. The molecule has 2 aliphatic rings. The number of hydrogen-bond acceptors (Lipinski definition) is 4. The summed E-state index contributed by atoms with van der Waals surface area (Å²) < 4.78 is 28.5. The number of halogens is 1. The fourth-order valence-corrected chi connectivity index (χ4v) is 3.93. The maximum atomic E-state index is 11.5. The van der Waals surface area contributed by atoms with Gasteiger partial charge in [0.2, 0.25) is 0 Å². The lowest BCUT2D eigenvalue weighted by Gasteiger charge is -2.17. The third-order valence-electron chi connectivity index (χ3n) is 2.69. The highest BCUT2D eigenvalue weighted by Gasteiger charge is 2.40. The van der Waals surface area contributed by atoms with E-state index in [2.05, 4.69) is 5.32 Å². The molecule has 0 aromatic heterocycles. The standard InChI is InChI=1S/C8H15NO3S.ClH/c1-6-5-12-8(9-6)7-3-2-4-13(7,10)11;/h6-9H,2-5H2,1H3;1H. The third kappa shape index (κ3) is 2.21. The van der Waals surface area contributed by atoms with E-state index < -0.39 is 9.84 Å². The summed E-state index contributed by atoms with van der Waals surface area (Å²) in [6.07, 6.45) is 1.26. The van der Waals surface area contributed by atoms with Crippen LogP contribution in [0.5, 0.6) is 0 Å². The molecule has 3 unspecified atom stereocenters. The molecule has 0 saturated carbocycles. The molecule has 2 fully saturated rings. The molecular formula is C8H16ClNO3S. The zero-order chi connectivity index (χ0) is 9.47. The smallest absolute Gasteiger partial charge is 0.157 e. The van der Waals surface area contributed by atoms with Crippen LogP contribution in [0.3, 0.4) is 0 Å². The first kappa shape index (κ1) is 12.2. The second kappa shape index (κ2) is 4.35. The summed E-state index contributed by atoms with van der Waals surface area (Å²) in [5.41, 5.74) is 0. The van der Waals surface area contributed by atoms with Crippen LogP contribution in [0.1, 0.15) is 19.8 Å². The van der Waals surface area contributed by atoms with Gasteiger partial charge in [0.25, 0.3) is 0 Å². The van der Waals surface area contributed by atoms with Crippen molar-refractivity contribution in [1.82, 2.24) is 5.32 Å². The van der Waals surface area contributed by atoms with E-state index in [0.717, 1.165) is 12.8 Å². The van der Waals surface area contributed by atoms with E-state index in [1.54, 1.807) is 0 Å². The van der Waals surface area contributed by atoms with Crippen LogP contribution < -0.4 is 5.32 Å². The summed E-state index contributed by atoms with van der Waals surface area (Å²) in [7, 11) is -2.88. The van der Waals surface area contributed by atoms with Crippen molar-refractivity contribution in [2.45, 2.75) is 37.3 Å². The van der Waals surface area contributed by atoms with Gasteiger partial charge in [0.05, 0.1) is 12.4 Å². The Morgan fingerprint density at radius 1 is 1.43 bits per heavy atom. The fourth-order valence-electron chi connectivity index (χ4n) is 2.00. The van der Waals surface area contributed by atoms with Crippen molar-refractivity contribution in [3.05, 3.63) is 0 Å². The molecule has 84 valence electrons. The molecule has 0 aliphatic carbocycles. The van der Waals surface area contributed by atoms with Gasteiger partial charge in [0.1, 0.15) is 11.5 Å². The minimum Gasteiger partial charge on any atom is -0.360 e. The van der Waals surface area contributed by atoms with Crippen molar-refractivity contribution in [3.63, 3.8) is 0 Å². The van der Waals surface area contributed by atoms with Crippen molar-refractivity contribution in [2.24, 2.45) is 0 Å². The molecule has 3 atom stereocenters. The number of hydrogen-bond donors (Lipinski definition) is 1. The predicted octanol–water partition coefficient (Wildman–Crippen LogP) is 0.320. The maximum absolute atomic E-state index is 11.5. The van der Waals surface area contributed by atoms with Crippen molar-refractivity contribution in [3.8, 4) is 0 Å². The Kier molecular flexibility index (Phi) is 3.80. The van der Waals surface area contributed by atoms with Gasteiger partial charge in [0, 0.05) is 6.04 Å². The number of nitrogens with one attached hydrogen (secondary N) is 1. The molecule has 2 aliphatic heterocycles. The van der Waals surface area contributed by atoms with Crippen LogP contribution in [0, 0.1) is 0 Å². The van der Waals surface area contributed by atoms with Gasteiger partial charge in [-0.15, -0.1) is 12.4 Å². The van der Waals surface area contributed by atoms with Crippen molar-refractivity contribution in [2.75, 3.05) is 12.4 Å². The van der Waals surface area contributed by atoms with Crippen molar-refractivity contribution >= 4 is 22.2 Å². The lowest BCUT2D eigenvalue weighted by atomic mass is 10.2. The lowest BCUT2D eigenvalue weighted by Crippen LogP contribution is -2.40. The number of sulfone groups is 1. The molecule has 2 saturated heterocycles. The Hall–Kier alpha value is 0.160. The fraction of sp³-hybridized carbons (Fsp3) is 1.00. The summed E-state index contributed by atoms with van der Waals surface area (Å²) in [5, 5.41) is 2.84. The van der Waals surface area contributed by atoms with Crippen molar-refractivity contribution in [1.29, 1.82) is 0 Å². The molecule has 0 bridgehead atoms. The first-order valence-electron chi connectivity index (χ1n) is 4.69. The molecule has 0 spiro atoms. The largest absolute Gasteiger partial charge is 0.360 e. The second-order valence-electron chi connectivity index (χ2n) is 3.87. The average Bonchev–Trinajstić information content (AvgIpc) is 2.56. The molecule has 2 heterocycles. The Bertz CT molecular complexity index is 293. The predicted molar refractivity (Wildman–Crippen MR) is 56.4 cm³/mol. The monoisotopic (exact) mass is 241 g/mol. The van der Waals surface area contributed by atoms with Crippen LogP contribution in [0.15, 0.2) is 0 Å². The molecule has 4 nitrogen and oxygen atoms in total. The maximum Gasteiger partial charge on any atom is 0.157 e. The lowest BCUT2D eigenvalue weighted by molar-refractivity contribution is 0.0959. The normalized spacial score (nSPS) is 40.8. The molecule has 14 heavy (non-hydrogen) atoms. The zero-order valence-corrected chi connectivity index (χ0v) is 9.73. The van der Waals surface area contributed by atoms with Crippen LogP contribution in [0.25, 0.3) is 0 Å². The first-order valence-corrected chi connectivity index (χ1v) is 6.40. The van der Waals surface area contributed by atoms with Crippen LogP contribution in [0.2, 0.25) is 0 Å². The van der Waals surface area contributed by atoms with E-state index >= 15 is 0 Å². The van der Waals surface area contributed by atoms with E-state index in [1.807, 2.05) is 6.92 Å². The van der Waals surface area contributed by atoms with Gasteiger partial charge in [-0.1, -0.05) is 0 Å². The molecule has 0 amide bonds. The third-order valence-corrected chi connectivity index (χ3v) is 4.95. The summed E-state index contributed by atoms with van der Waals surface area (Å²) in [4.78, 5) is 0. The Morgan fingerprint density at radius 2 is 2.14 bits per heavy atom. The molecule has 6 heteroatoms. The highest BCUT2D eigenvalue weighted by Crippen LogP contribution is 2.25. The van der Waals surface area contributed by atoms with E-state index in [0.29, 0.717) is 12.4 Å². The molecule has 1 N–H and O–H groups in total. The molecular weight excluding hydrogens is 226 g/mol. The van der Waals surface area contributed by atoms with E-state index in [-0.39, 0.29) is 29.9 Å². The minimum atomic E-state index is -2.88. The molecule has 2 rings (SSSR count). The SMILES string of the molecule is CC1COC(C2CCCS2(=O)=O)N1.Cl. The van der Waals surface area contributed by atoms with Crippen molar-refractivity contribution < 1.29 is 13.2 Å². The second-order valence-corrected chi connectivity index (χ2v) is 6.21. The zero-order valence-electron chi connectivity index (χ0n) is 8.10. The van der Waals surface area contributed by atoms with Crippen LogP contribution in [0.4, 0.5) is 0 Å². The van der Waals surface area contributed by atoms with Gasteiger partial charge in [-0.05, 0) is 19.8 Å². The van der Waals surface area contributed by atoms with Gasteiger partial charge in [-0.2, -0.15) is 0 Å². The Balaban J connectivity index is 0.000000980. The van der Waals surface area contributed by atoms with Gasteiger partial charge in [-0.25, -0.2) is 8.42 Å². The van der Waals surface area contributed by atoms with Crippen LogP contribution in [-0.4, -0.2) is 38.3 Å². The Labute approximate surface area is 90.7 Å². The van der Waals surface area contributed by atoms with Gasteiger partial charge in [-0.3, -0.25) is 5.32 Å². The van der Waals surface area contributed by atoms with E-state index in [1.165, 1.54) is 0 Å². The average molecular weight is 242 g/mol. The first-order chi connectivity index (χ1) is 6.09. The van der Waals surface area contributed by atoms with E-state index in [4.69, 9.17) is 4.74 Å². The van der Waals surface area contributed by atoms with Gasteiger partial charge >= 0.3 is 0 Å². The van der Waals surface area contributed by atoms with E-state index in [9.17, 15) is 8.42 Å². The number of rotatable bonds is 1. The topological polar surface area (TPSA) is 55.4 Å². The van der Waals surface area contributed by atoms with Crippen LogP contribution >= 0.6 is 12.4 Å². The minimum absolute atomic E-state index is 0. The summed E-state index contributed by atoms with van der Waals surface area (Å²) in [5.74, 6) is 0.327. The summed E-state index contributed by atoms with van der Waals surface area (Å²) in [6.45, 7) is 2.62. The molecule has 0 aromatic rings. The summed E-state index contributed by atoms with van der Waals surface area (Å²) in [6, 6.07) is 0.279. The quantitative estimate of drug-likeness (QED) is 0.719. The summed E-state index contributed by atoms with van der Waals surface area (Å²) >= 11 is 0. The molecule has 0 radical (unpaired) electrons. The van der Waals surface area contributed by atoms with Crippen LogP contribution in [-0.2, 0) is 14.6 Å².